The molecule has 1 aromatic carbocycles. The molecule has 1 N–H and O–H groups in total. The molecule has 0 saturated heterocycles. The zero-order valence-corrected chi connectivity index (χ0v) is 12.4. The predicted octanol–water partition coefficient (Wildman–Crippen LogP) is 2.61. The van der Waals surface area contributed by atoms with Crippen LogP contribution >= 0.6 is 0 Å². The third-order valence-corrected chi connectivity index (χ3v) is 3.19. The van der Waals surface area contributed by atoms with Gasteiger partial charge in [-0.3, -0.25) is 9.48 Å². The highest BCUT2D eigenvalue weighted by Crippen LogP contribution is 2.25. The number of amides is 1. The van der Waals surface area contributed by atoms with Crippen LogP contribution in [0.25, 0.3) is 0 Å². The van der Waals surface area contributed by atoms with E-state index in [1.807, 2.05) is 40.0 Å². The highest BCUT2D eigenvalue weighted by Gasteiger charge is 2.13. The molecule has 0 radical (unpaired) electrons. The summed E-state index contributed by atoms with van der Waals surface area (Å²) in [5.41, 5.74) is 4.02. The summed E-state index contributed by atoms with van der Waals surface area (Å²) in [6.45, 7) is 5.72. The van der Waals surface area contributed by atoms with E-state index in [0.29, 0.717) is 5.56 Å². The minimum Gasteiger partial charge on any atom is -0.496 e. The van der Waals surface area contributed by atoms with Gasteiger partial charge in [0.2, 0.25) is 0 Å². The SMILES string of the molecule is COc1c(C)cc(C(=O)Nc2cn(C)nc2C)cc1C. The first kappa shape index (κ1) is 14.1. The fourth-order valence-corrected chi connectivity index (χ4v) is 2.32. The van der Waals surface area contributed by atoms with E-state index in [-0.39, 0.29) is 5.91 Å². The topological polar surface area (TPSA) is 56.1 Å². The Balaban J connectivity index is 2.28. The molecule has 0 bridgehead atoms. The zero-order chi connectivity index (χ0) is 14.9. The second kappa shape index (κ2) is 5.36. The first-order chi connectivity index (χ1) is 9.42. The molecule has 0 unspecified atom stereocenters. The molecule has 2 rings (SSSR count). The Kier molecular flexibility index (Phi) is 3.79. The van der Waals surface area contributed by atoms with Gasteiger partial charge in [0.15, 0.2) is 0 Å². The van der Waals surface area contributed by atoms with Crippen LogP contribution in [0.15, 0.2) is 18.3 Å². The molecule has 106 valence electrons. The number of nitrogens with zero attached hydrogens (tertiary/aromatic N) is 2. The van der Waals surface area contributed by atoms with Crippen molar-refractivity contribution in [1.82, 2.24) is 9.78 Å². The molecule has 5 heteroatoms. The van der Waals surface area contributed by atoms with E-state index >= 15 is 0 Å². The Morgan fingerprint density at radius 2 is 1.85 bits per heavy atom. The maximum atomic E-state index is 12.3. The van der Waals surface area contributed by atoms with Crippen LogP contribution in [0.4, 0.5) is 5.69 Å². The number of benzene rings is 1. The third kappa shape index (κ3) is 2.66. The number of aryl methyl sites for hydroxylation is 4. The molecular weight excluding hydrogens is 254 g/mol. The predicted molar refractivity (Wildman–Crippen MR) is 78.4 cm³/mol. The summed E-state index contributed by atoms with van der Waals surface area (Å²) in [4.78, 5) is 12.3. The summed E-state index contributed by atoms with van der Waals surface area (Å²) in [6.07, 6.45) is 1.79. The van der Waals surface area contributed by atoms with Crippen molar-refractivity contribution in [2.75, 3.05) is 12.4 Å². The van der Waals surface area contributed by atoms with Crippen molar-refractivity contribution < 1.29 is 9.53 Å². The molecule has 0 aliphatic heterocycles. The normalized spacial score (nSPS) is 10.4. The Morgan fingerprint density at radius 3 is 2.30 bits per heavy atom. The lowest BCUT2D eigenvalue weighted by atomic mass is 10.1. The van der Waals surface area contributed by atoms with Gasteiger partial charge in [0.05, 0.1) is 18.5 Å². The molecule has 1 aromatic heterocycles. The quantitative estimate of drug-likeness (QED) is 0.935. The summed E-state index contributed by atoms with van der Waals surface area (Å²) in [7, 11) is 3.46. The lowest BCUT2D eigenvalue weighted by Gasteiger charge is -2.11. The lowest BCUT2D eigenvalue weighted by molar-refractivity contribution is 0.102. The molecule has 0 atom stereocenters. The van der Waals surface area contributed by atoms with Crippen molar-refractivity contribution in [2.24, 2.45) is 7.05 Å². The van der Waals surface area contributed by atoms with Gasteiger partial charge >= 0.3 is 0 Å². The van der Waals surface area contributed by atoms with Crippen LogP contribution in [-0.2, 0) is 7.05 Å². The summed E-state index contributed by atoms with van der Waals surface area (Å²) in [5, 5.41) is 7.08. The molecule has 20 heavy (non-hydrogen) atoms. The number of hydrogen-bond acceptors (Lipinski definition) is 3. The number of aromatic nitrogens is 2. The van der Waals surface area contributed by atoms with Gasteiger partial charge < -0.3 is 10.1 Å². The van der Waals surface area contributed by atoms with Gasteiger partial charge in [-0.1, -0.05) is 0 Å². The molecular formula is C15H19N3O2. The standard InChI is InChI=1S/C15H19N3O2/c1-9-6-12(7-10(2)14(9)20-5)15(19)16-13-8-18(4)17-11(13)3/h6-8H,1-5H3,(H,16,19). The molecule has 0 aliphatic rings. The van der Waals surface area contributed by atoms with E-state index in [0.717, 1.165) is 28.3 Å². The number of anilines is 1. The summed E-state index contributed by atoms with van der Waals surface area (Å²) in [5.74, 6) is 0.675. The first-order valence-corrected chi connectivity index (χ1v) is 6.39. The average molecular weight is 273 g/mol. The largest absolute Gasteiger partial charge is 0.496 e. The molecule has 1 heterocycles. The van der Waals surface area contributed by atoms with Crippen molar-refractivity contribution in [3.05, 3.63) is 40.7 Å². The Labute approximate surface area is 118 Å². The Hall–Kier alpha value is -2.30. The number of nitrogens with one attached hydrogen (secondary N) is 1. The molecule has 2 aromatic rings. The van der Waals surface area contributed by atoms with Crippen molar-refractivity contribution in [1.29, 1.82) is 0 Å². The van der Waals surface area contributed by atoms with Crippen LogP contribution < -0.4 is 10.1 Å². The molecule has 0 aliphatic carbocycles. The van der Waals surface area contributed by atoms with Gasteiger partial charge in [-0.15, -0.1) is 0 Å². The maximum absolute atomic E-state index is 12.3. The van der Waals surface area contributed by atoms with Crippen LogP contribution in [0.1, 0.15) is 27.2 Å². The molecule has 1 amide bonds. The minimum absolute atomic E-state index is 0.144. The molecule has 0 saturated carbocycles. The maximum Gasteiger partial charge on any atom is 0.255 e. The number of carbonyl (C=O) groups excluding carboxylic acids is 1. The van der Waals surface area contributed by atoms with Gasteiger partial charge in [-0.05, 0) is 44.0 Å². The number of methoxy groups -OCH3 is 1. The van der Waals surface area contributed by atoms with Crippen LogP contribution in [0.3, 0.4) is 0 Å². The van der Waals surface area contributed by atoms with Crippen LogP contribution in [0.5, 0.6) is 5.75 Å². The van der Waals surface area contributed by atoms with Gasteiger partial charge in [0.1, 0.15) is 5.75 Å². The third-order valence-electron chi connectivity index (χ3n) is 3.19. The van der Waals surface area contributed by atoms with Crippen molar-refractivity contribution in [2.45, 2.75) is 20.8 Å². The summed E-state index contributed by atoms with van der Waals surface area (Å²) >= 11 is 0. The highest BCUT2D eigenvalue weighted by atomic mass is 16.5. The average Bonchev–Trinajstić information content (AvgIpc) is 2.67. The van der Waals surface area contributed by atoms with E-state index in [4.69, 9.17) is 4.74 Å². The Morgan fingerprint density at radius 1 is 1.25 bits per heavy atom. The van der Waals surface area contributed by atoms with Crippen molar-refractivity contribution in [3.63, 3.8) is 0 Å². The van der Waals surface area contributed by atoms with Crippen molar-refractivity contribution >= 4 is 11.6 Å². The molecule has 0 fully saturated rings. The second-order valence-electron chi connectivity index (χ2n) is 4.90. The van der Waals surface area contributed by atoms with Gasteiger partial charge in [-0.2, -0.15) is 5.10 Å². The fourth-order valence-electron chi connectivity index (χ4n) is 2.32. The summed E-state index contributed by atoms with van der Waals surface area (Å²) < 4.78 is 6.98. The van der Waals surface area contributed by atoms with Crippen molar-refractivity contribution in [3.8, 4) is 5.75 Å². The van der Waals surface area contributed by atoms with E-state index < -0.39 is 0 Å². The first-order valence-electron chi connectivity index (χ1n) is 6.39. The van der Waals surface area contributed by atoms with E-state index in [1.165, 1.54) is 0 Å². The van der Waals surface area contributed by atoms with E-state index in [9.17, 15) is 4.79 Å². The number of rotatable bonds is 3. The Bertz CT molecular complexity index is 636. The van der Waals surface area contributed by atoms with Gasteiger partial charge in [-0.25, -0.2) is 0 Å². The number of hydrogen-bond donors (Lipinski definition) is 1. The monoisotopic (exact) mass is 273 g/mol. The fraction of sp³-hybridized carbons (Fsp3) is 0.333. The lowest BCUT2D eigenvalue weighted by Crippen LogP contribution is -2.13. The molecule has 5 nitrogen and oxygen atoms in total. The zero-order valence-electron chi connectivity index (χ0n) is 12.4. The van der Waals surface area contributed by atoms with Crippen LogP contribution in [0.2, 0.25) is 0 Å². The smallest absolute Gasteiger partial charge is 0.255 e. The summed E-state index contributed by atoms with van der Waals surface area (Å²) in [6, 6.07) is 3.65. The van der Waals surface area contributed by atoms with Crippen LogP contribution in [-0.4, -0.2) is 22.8 Å². The van der Waals surface area contributed by atoms with Gasteiger partial charge in [0.25, 0.3) is 5.91 Å². The molecule has 0 spiro atoms. The van der Waals surface area contributed by atoms with Gasteiger partial charge in [0, 0.05) is 18.8 Å². The van der Waals surface area contributed by atoms with Crippen LogP contribution in [0, 0.1) is 20.8 Å². The number of ether oxygens (including phenoxy) is 1. The second-order valence-corrected chi connectivity index (χ2v) is 4.90. The number of carbonyl (C=O) groups is 1. The van der Waals surface area contributed by atoms with E-state index in [1.54, 1.807) is 18.0 Å². The highest BCUT2D eigenvalue weighted by molar-refractivity contribution is 6.04. The minimum atomic E-state index is -0.144. The van der Waals surface area contributed by atoms with E-state index in [2.05, 4.69) is 10.4 Å².